The molecule has 0 radical (unpaired) electrons. The minimum atomic E-state index is -1.00. The molecule has 0 aromatic heterocycles. The molecule has 1 N–H and O–H groups in total. The highest BCUT2D eigenvalue weighted by molar-refractivity contribution is 6.20. The third kappa shape index (κ3) is 5.60. The van der Waals surface area contributed by atoms with Gasteiger partial charge in [-0.3, -0.25) is 14.5 Å². The molecule has 2 aliphatic heterocycles. The maximum Gasteiger partial charge on any atom is 0.335 e. The van der Waals surface area contributed by atoms with E-state index in [0.717, 1.165) is 72.4 Å². The average Bonchev–Trinajstić information content (AvgIpc) is 3.75. The minimum absolute atomic E-state index is 0.107. The molecule has 1 amide bonds. The lowest BCUT2D eigenvalue weighted by Gasteiger charge is -2.31. The Kier molecular flexibility index (Phi) is 7.91. The van der Waals surface area contributed by atoms with Gasteiger partial charge in [-0.25, -0.2) is 4.79 Å². The molecule has 2 heterocycles. The number of morpholine rings is 1. The number of fused-ring (bicyclic) bond motifs is 1. The van der Waals surface area contributed by atoms with E-state index in [4.69, 9.17) is 4.74 Å². The number of hydrogen-bond donors (Lipinski definition) is 1. The molecule has 1 saturated carbocycles. The van der Waals surface area contributed by atoms with Crippen molar-refractivity contribution in [3.05, 3.63) is 94.5 Å². The first-order chi connectivity index (χ1) is 20.4. The fourth-order valence-corrected chi connectivity index (χ4v) is 6.05. The molecule has 1 aliphatic carbocycles. The van der Waals surface area contributed by atoms with Gasteiger partial charge in [-0.1, -0.05) is 36.4 Å². The number of aromatic carboxylic acids is 1. The fraction of sp³-hybridized carbons (Fsp3) is 0.324. The molecular formula is C34H35N3O5. The Bertz CT molecular complexity index is 1540. The number of carboxylic acids is 1. The lowest BCUT2D eigenvalue weighted by atomic mass is 9.94. The van der Waals surface area contributed by atoms with Crippen molar-refractivity contribution >= 4 is 40.8 Å². The number of hydrogen-bond acceptors (Lipinski definition) is 6. The quantitative estimate of drug-likeness (QED) is 0.230. The molecule has 0 unspecified atom stereocenters. The Morgan fingerprint density at radius 3 is 2.40 bits per heavy atom. The third-order valence-corrected chi connectivity index (χ3v) is 8.34. The number of carboxylic acid groups (broad SMARTS) is 1. The summed E-state index contributed by atoms with van der Waals surface area (Å²) in [5, 5.41) is 9.49. The highest BCUT2D eigenvalue weighted by atomic mass is 16.5. The second kappa shape index (κ2) is 11.9. The summed E-state index contributed by atoms with van der Waals surface area (Å²) in [7, 11) is 0. The van der Waals surface area contributed by atoms with Crippen LogP contribution in [0.2, 0.25) is 0 Å². The van der Waals surface area contributed by atoms with Crippen LogP contribution in [0.15, 0.2) is 66.7 Å². The molecule has 8 heteroatoms. The van der Waals surface area contributed by atoms with Crippen LogP contribution in [-0.2, 0) is 20.7 Å². The molecule has 3 aromatic rings. The molecule has 42 heavy (non-hydrogen) atoms. The number of nitrogens with zero attached hydrogens (tertiary/aromatic N) is 3. The standard InChI is InChI=1S/C34H35N3O5/c1-23-19-26(34(40)41)7-11-29(23)30(22-38)33(24-5-3-2-4-6-24)37(27-8-9-27)28-10-12-31-25(20-28)13-14-36(31)32(39)21-35-15-17-42-18-16-35/h2-7,10-12,19-20,22,27H,8-9,13-18,21H2,1H3,(H,40,41)/b33-30+. The van der Waals surface area contributed by atoms with E-state index in [0.29, 0.717) is 37.4 Å². The van der Waals surface area contributed by atoms with Gasteiger partial charge in [0.05, 0.1) is 31.0 Å². The summed E-state index contributed by atoms with van der Waals surface area (Å²) in [6, 6.07) is 21.3. The normalized spacial score (nSPS) is 17.4. The number of aldehydes is 1. The molecular weight excluding hydrogens is 530 g/mol. The van der Waals surface area contributed by atoms with Gasteiger partial charge >= 0.3 is 5.97 Å². The van der Waals surface area contributed by atoms with Crippen molar-refractivity contribution in [2.75, 3.05) is 49.2 Å². The molecule has 216 valence electrons. The van der Waals surface area contributed by atoms with E-state index >= 15 is 0 Å². The molecule has 0 atom stereocenters. The number of amides is 1. The van der Waals surface area contributed by atoms with Crippen molar-refractivity contribution < 1.29 is 24.2 Å². The second-order valence-corrected chi connectivity index (χ2v) is 11.2. The van der Waals surface area contributed by atoms with Crippen molar-refractivity contribution in [2.45, 2.75) is 32.2 Å². The summed E-state index contributed by atoms with van der Waals surface area (Å²) in [5.74, 6) is -0.893. The topological polar surface area (TPSA) is 90.4 Å². The Hall–Kier alpha value is -4.27. The monoisotopic (exact) mass is 565 g/mol. The average molecular weight is 566 g/mol. The molecule has 2 fully saturated rings. The zero-order valence-electron chi connectivity index (χ0n) is 23.8. The largest absolute Gasteiger partial charge is 0.478 e. The van der Waals surface area contributed by atoms with E-state index in [9.17, 15) is 19.5 Å². The maximum absolute atomic E-state index is 13.2. The number of carbonyl (C=O) groups is 3. The van der Waals surface area contributed by atoms with E-state index in [-0.39, 0.29) is 17.5 Å². The van der Waals surface area contributed by atoms with Crippen molar-refractivity contribution in [3.63, 3.8) is 0 Å². The summed E-state index contributed by atoms with van der Waals surface area (Å²) in [4.78, 5) is 44.0. The number of aryl methyl sites for hydroxylation is 1. The molecule has 3 aliphatic rings. The van der Waals surface area contributed by atoms with Gasteiger partial charge in [-0.05, 0) is 78.8 Å². The third-order valence-electron chi connectivity index (χ3n) is 8.34. The Balaban J connectivity index is 1.40. The Morgan fingerprint density at radius 2 is 1.74 bits per heavy atom. The first kappa shape index (κ1) is 27.9. The van der Waals surface area contributed by atoms with Gasteiger partial charge in [0, 0.05) is 42.6 Å². The van der Waals surface area contributed by atoms with Crippen LogP contribution >= 0.6 is 0 Å². The smallest absolute Gasteiger partial charge is 0.335 e. The summed E-state index contributed by atoms with van der Waals surface area (Å²) in [6.45, 7) is 5.75. The van der Waals surface area contributed by atoms with Gasteiger partial charge in [0.15, 0.2) is 6.29 Å². The second-order valence-electron chi connectivity index (χ2n) is 11.2. The Morgan fingerprint density at radius 1 is 0.976 bits per heavy atom. The number of allylic oxidation sites excluding steroid dienone is 1. The van der Waals surface area contributed by atoms with Crippen molar-refractivity contribution in [2.24, 2.45) is 0 Å². The molecule has 6 rings (SSSR count). The van der Waals surface area contributed by atoms with Crippen LogP contribution in [0.5, 0.6) is 0 Å². The molecule has 8 nitrogen and oxygen atoms in total. The van der Waals surface area contributed by atoms with Crippen molar-refractivity contribution in [1.82, 2.24) is 4.90 Å². The maximum atomic E-state index is 13.2. The van der Waals surface area contributed by atoms with Crippen LogP contribution in [-0.4, -0.2) is 73.6 Å². The molecule has 3 aromatic carbocycles. The molecule has 0 bridgehead atoms. The highest BCUT2D eigenvalue weighted by Gasteiger charge is 2.35. The summed E-state index contributed by atoms with van der Waals surface area (Å²) >= 11 is 0. The lowest BCUT2D eigenvalue weighted by molar-refractivity contribution is -0.120. The van der Waals surface area contributed by atoms with Gasteiger partial charge in [-0.15, -0.1) is 0 Å². The fourth-order valence-electron chi connectivity index (χ4n) is 6.05. The zero-order valence-corrected chi connectivity index (χ0v) is 23.8. The van der Waals surface area contributed by atoms with E-state index < -0.39 is 5.97 Å². The van der Waals surface area contributed by atoms with Gasteiger partial charge < -0.3 is 19.6 Å². The van der Waals surface area contributed by atoms with E-state index in [1.807, 2.05) is 48.2 Å². The predicted octanol–water partition coefficient (Wildman–Crippen LogP) is 4.65. The van der Waals surface area contributed by atoms with E-state index in [1.54, 1.807) is 18.2 Å². The first-order valence-electron chi connectivity index (χ1n) is 14.6. The molecule has 0 spiro atoms. The summed E-state index contributed by atoms with van der Waals surface area (Å²) < 4.78 is 5.43. The van der Waals surface area contributed by atoms with Crippen LogP contribution in [0.1, 0.15) is 45.5 Å². The lowest BCUT2D eigenvalue weighted by Crippen LogP contribution is -2.44. The van der Waals surface area contributed by atoms with Crippen LogP contribution in [0.25, 0.3) is 11.3 Å². The summed E-state index contributed by atoms with van der Waals surface area (Å²) in [5.41, 5.74) is 6.91. The zero-order chi connectivity index (χ0) is 29.2. The number of anilines is 2. The number of ether oxygens (including phenoxy) is 1. The van der Waals surface area contributed by atoms with Gasteiger partial charge in [0.2, 0.25) is 5.91 Å². The van der Waals surface area contributed by atoms with E-state index in [1.165, 1.54) is 0 Å². The van der Waals surface area contributed by atoms with Crippen LogP contribution in [0.4, 0.5) is 11.4 Å². The van der Waals surface area contributed by atoms with Gasteiger partial charge in [-0.2, -0.15) is 0 Å². The SMILES string of the molecule is Cc1cc(C(=O)O)ccc1/C(C=O)=C(\c1ccccc1)N(c1ccc2c(c1)CCN2C(=O)CN1CCOCC1)C1CC1. The van der Waals surface area contributed by atoms with Crippen molar-refractivity contribution in [3.8, 4) is 0 Å². The van der Waals surface area contributed by atoms with E-state index in [2.05, 4.69) is 21.9 Å². The number of carbonyl (C=O) groups excluding carboxylic acids is 2. The first-order valence-corrected chi connectivity index (χ1v) is 14.6. The van der Waals surface area contributed by atoms with Gasteiger partial charge in [0.25, 0.3) is 0 Å². The number of benzene rings is 3. The van der Waals surface area contributed by atoms with Crippen LogP contribution < -0.4 is 9.80 Å². The predicted molar refractivity (Wildman–Crippen MR) is 163 cm³/mol. The Labute approximate surface area is 245 Å². The highest BCUT2D eigenvalue weighted by Crippen LogP contribution is 2.43. The van der Waals surface area contributed by atoms with Gasteiger partial charge in [0.1, 0.15) is 0 Å². The minimum Gasteiger partial charge on any atom is -0.478 e. The van der Waals surface area contributed by atoms with Crippen LogP contribution in [0.3, 0.4) is 0 Å². The summed E-state index contributed by atoms with van der Waals surface area (Å²) in [6.07, 6.45) is 3.67. The molecule has 1 saturated heterocycles. The number of rotatable bonds is 9. The van der Waals surface area contributed by atoms with Crippen LogP contribution in [0, 0.1) is 6.92 Å². The van der Waals surface area contributed by atoms with Crippen molar-refractivity contribution in [1.29, 1.82) is 0 Å².